The Kier molecular flexibility index (Phi) is 4.65. The summed E-state index contributed by atoms with van der Waals surface area (Å²) in [4.78, 5) is 15.0. The van der Waals surface area contributed by atoms with Gasteiger partial charge < -0.3 is 15.0 Å². The fourth-order valence-corrected chi connectivity index (χ4v) is 3.55. The summed E-state index contributed by atoms with van der Waals surface area (Å²) < 4.78 is 78.7. The summed E-state index contributed by atoms with van der Waals surface area (Å²) in [7, 11) is 0. The number of nitrogens with one attached hydrogen (secondary N) is 1. The summed E-state index contributed by atoms with van der Waals surface area (Å²) in [6.07, 6.45) is -12.2. The topological polar surface area (TPSA) is 56.3 Å². The Morgan fingerprint density at radius 3 is 2.44 bits per heavy atom. The molecule has 2 heterocycles. The Labute approximate surface area is 149 Å². The number of pyridine rings is 1. The fourth-order valence-electron chi connectivity index (χ4n) is 3.55. The maximum Gasteiger partial charge on any atom is 0.417 e. The van der Waals surface area contributed by atoms with E-state index in [-0.39, 0.29) is 35.5 Å². The fraction of sp³-hybridized carbons (Fsp3) is 0.471. The van der Waals surface area contributed by atoms with E-state index in [2.05, 4.69) is 4.98 Å². The Balaban J connectivity index is 2.11. The number of halogens is 6. The first kappa shape index (κ1) is 19.5. The highest BCUT2D eigenvalue weighted by molar-refractivity contribution is 5.86. The molecule has 0 aliphatic carbocycles. The molecule has 1 aliphatic rings. The first-order valence-electron chi connectivity index (χ1n) is 8.13. The molecule has 1 unspecified atom stereocenters. The van der Waals surface area contributed by atoms with E-state index in [1.165, 1.54) is 17.0 Å². The molecule has 2 N–H and O–H groups in total. The maximum absolute atomic E-state index is 13.3. The van der Waals surface area contributed by atoms with E-state index in [0.717, 1.165) is 6.07 Å². The lowest BCUT2D eigenvalue weighted by molar-refractivity contribution is -0.209. The van der Waals surface area contributed by atoms with Crippen LogP contribution in [0.4, 0.5) is 32.0 Å². The van der Waals surface area contributed by atoms with Crippen molar-refractivity contribution in [1.29, 1.82) is 0 Å². The number of fused-ring (bicyclic) bond motifs is 1. The molecule has 1 aromatic heterocycles. The van der Waals surface area contributed by atoms with Crippen LogP contribution in [0.3, 0.4) is 0 Å². The quantitative estimate of drug-likeness (QED) is 0.764. The average Bonchev–Trinajstić information content (AvgIpc) is 2.92. The lowest BCUT2D eigenvalue weighted by Crippen LogP contribution is -2.47. The zero-order valence-corrected chi connectivity index (χ0v) is 14.0. The van der Waals surface area contributed by atoms with Crippen molar-refractivity contribution >= 4 is 16.6 Å². The largest absolute Gasteiger partial charge is 0.417 e. The van der Waals surface area contributed by atoms with E-state index in [0.29, 0.717) is 6.07 Å². The molecule has 3 atom stereocenters. The molecular formula is C17H16F6N2O2. The zero-order chi connectivity index (χ0) is 20.1. The van der Waals surface area contributed by atoms with E-state index in [9.17, 15) is 36.2 Å². The highest BCUT2D eigenvalue weighted by Gasteiger charge is 2.48. The summed E-state index contributed by atoms with van der Waals surface area (Å²) in [5.41, 5.74) is -2.04. The molecule has 10 heteroatoms. The predicted molar refractivity (Wildman–Crippen MR) is 86.5 cm³/mol. The molecule has 0 amide bonds. The maximum atomic E-state index is 13.3. The SMILES string of the molecule is C[C@H]1CC([C@@H](O)C(F)(F)F)N(c2ccc3[nH]c(=O)cc(C(F)(F)F)c3c2)C1. The van der Waals surface area contributed by atoms with Gasteiger partial charge in [-0.25, -0.2) is 0 Å². The van der Waals surface area contributed by atoms with Crippen molar-refractivity contribution in [2.45, 2.75) is 37.8 Å². The van der Waals surface area contributed by atoms with Crippen LogP contribution in [-0.2, 0) is 6.18 Å². The minimum absolute atomic E-state index is 0.0520. The monoisotopic (exact) mass is 394 g/mol. The Bertz CT molecular complexity index is 905. The minimum Gasteiger partial charge on any atom is -0.382 e. The van der Waals surface area contributed by atoms with Gasteiger partial charge in [-0.05, 0) is 30.5 Å². The second kappa shape index (κ2) is 6.43. The molecule has 1 aromatic carbocycles. The van der Waals surface area contributed by atoms with Gasteiger partial charge in [0.05, 0.1) is 11.6 Å². The van der Waals surface area contributed by atoms with Gasteiger partial charge >= 0.3 is 12.4 Å². The van der Waals surface area contributed by atoms with Gasteiger partial charge in [-0.15, -0.1) is 0 Å². The van der Waals surface area contributed by atoms with Crippen molar-refractivity contribution in [2.24, 2.45) is 5.92 Å². The van der Waals surface area contributed by atoms with Crippen molar-refractivity contribution in [3.05, 3.63) is 40.2 Å². The number of hydrogen-bond donors (Lipinski definition) is 2. The van der Waals surface area contributed by atoms with Crippen molar-refractivity contribution < 1.29 is 31.4 Å². The lowest BCUT2D eigenvalue weighted by Gasteiger charge is -2.31. The number of aliphatic hydroxyl groups excluding tert-OH is 1. The summed E-state index contributed by atoms with van der Waals surface area (Å²) >= 11 is 0. The van der Waals surface area contributed by atoms with Crippen molar-refractivity contribution in [3.8, 4) is 0 Å². The van der Waals surface area contributed by atoms with Crippen LogP contribution >= 0.6 is 0 Å². The highest BCUT2D eigenvalue weighted by atomic mass is 19.4. The number of aliphatic hydroxyl groups is 1. The molecule has 0 radical (unpaired) electrons. The third-order valence-corrected chi connectivity index (χ3v) is 4.72. The summed E-state index contributed by atoms with van der Waals surface area (Å²) in [6.45, 7) is 1.86. The van der Waals surface area contributed by atoms with Crippen LogP contribution in [0.25, 0.3) is 10.9 Å². The molecule has 1 saturated heterocycles. The van der Waals surface area contributed by atoms with Gasteiger partial charge in [0.25, 0.3) is 0 Å². The van der Waals surface area contributed by atoms with Gasteiger partial charge in [0.15, 0.2) is 6.10 Å². The highest BCUT2D eigenvalue weighted by Crippen LogP contribution is 2.39. The van der Waals surface area contributed by atoms with Crippen LogP contribution in [0.2, 0.25) is 0 Å². The number of anilines is 1. The van der Waals surface area contributed by atoms with Crippen molar-refractivity contribution in [2.75, 3.05) is 11.4 Å². The number of rotatable bonds is 2. The van der Waals surface area contributed by atoms with Gasteiger partial charge in [-0.2, -0.15) is 26.3 Å². The van der Waals surface area contributed by atoms with Crippen LogP contribution < -0.4 is 10.5 Å². The normalized spacial score (nSPS) is 22.4. The van der Waals surface area contributed by atoms with Crippen LogP contribution in [0.15, 0.2) is 29.1 Å². The number of aromatic amines is 1. The number of benzene rings is 1. The summed E-state index contributed by atoms with van der Waals surface area (Å²) in [5, 5.41) is 9.35. The van der Waals surface area contributed by atoms with E-state index in [1.807, 2.05) is 0 Å². The molecule has 1 aliphatic heterocycles. The van der Waals surface area contributed by atoms with Crippen LogP contribution in [0.1, 0.15) is 18.9 Å². The smallest absolute Gasteiger partial charge is 0.382 e. The number of hydrogen-bond acceptors (Lipinski definition) is 3. The number of nitrogens with zero attached hydrogens (tertiary/aromatic N) is 1. The summed E-state index contributed by atoms with van der Waals surface area (Å²) in [5.74, 6) is -0.180. The van der Waals surface area contributed by atoms with E-state index < -0.39 is 35.6 Å². The standard InChI is InChI=1S/C17H16F6N2O2/c1-8-4-13(15(27)17(21,22)23)25(7-8)9-2-3-12-10(5-9)11(16(18,19)20)6-14(26)24-12/h2-3,5-6,8,13,15,27H,4,7H2,1H3,(H,24,26)/t8-,13?,15+/m0/s1. The van der Waals surface area contributed by atoms with Gasteiger partial charge in [0.2, 0.25) is 5.56 Å². The molecule has 0 spiro atoms. The molecule has 3 rings (SSSR count). The zero-order valence-electron chi connectivity index (χ0n) is 14.0. The van der Waals surface area contributed by atoms with Gasteiger partial charge in [-0.3, -0.25) is 4.79 Å². The molecule has 27 heavy (non-hydrogen) atoms. The molecule has 148 valence electrons. The van der Waals surface area contributed by atoms with Gasteiger partial charge in [0, 0.05) is 29.2 Å². The van der Waals surface area contributed by atoms with Crippen LogP contribution in [-0.4, -0.2) is 35.0 Å². The third-order valence-electron chi connectivity index (χ3n) is 4.72. The Hall–Kier alpha value is -2.23. The van der Waals surface area contributed by atoms with Gasteiger partial charge in [-0.1, -0.05) is 6.92 Å². The Morgan fingerprint density at radius 1 is 1.19 bits per heavy atom. The first-order valence-corrected chi connectivity index (χ1v) is 8.13. The molecule has 0 bridgehead atoms. The predicted octanol–water partition coefficient (Wildman–Crippen LogP) is 3.68. The minimum atomic E-state index is -4.84. The summed E-state index contributed by atoms with van der Waals surface area (Å²) in [6, 6.07) is 2.78. The second-order valence-electron chi connectivity index (χ2n) is 6.82. The first-order chi connectivity index (χ1) is 12.4. The number of aromatic nitrogens is 1. The van der Waals surface area contributed by atoms with Gasteiger partial charge in [0.1, 0.15) is 0 Å². The molecule has 2 aromatic rings. The molecule has 4 nitrogen and oxygen atoms in total. The van der Waals surface area contributed by atoms with Crippen LogP contribution in [0, 0.1) is 5.92 Å². The number of alkyl halides is 6. The lowest BCUT2D eigenvalue weighted by atomic mass is 10.0. The molecular weight excluding hydrogens is 378 g/mol. The second-order valence-corrected chi connectivity index (χ2v) is 6.82. The Morgan fingerprint density at radius 2 is 1.85 bits per heavy atom. The average molecular weight is 394 g/mol. The molecule has 1 fully saturated rings. The van der Waals surface area contributed by atoms with E-state index >= 15 is 0 Å². The number of H-pyrrole nitrogens is 1. The third kappa shape index (κ3) is 3.76. The van der Waals surface area contributed by atoms with Crippen molar-refractivity contribution in [1.82, 2.24) is 4.98 Å². The van der Waals surface area contributed by atoms with E-state index in [4.69, 9.17) is 0 Å². The molecule has 0 saturated carbocycles. The van der Waals surface area contributed by atoms with E-state index in [1.54, 1.807) is 6.92 Å². The van der Waals surface area contributed by atoms with Crippen molar-refractivity contribution in [3.63, 3.8) is 0 Å². The van der Waals surface area contributed by atoms with Crippen LogP contribution in [0.5, 0.6) is 0 Å².